The molecular formula is C22H19NO2S. The smallest absolute Gasteiger partial charge is 0.268 e. The summed E-state index contributed by atoms with van der Waals surface area (Å²) in [4.78, 5) is 27.0. The summed E-state index contributed by atoms with van der Waals surface area (Å²) >= 11 is 1.04. The van der Waals surface area contributed by atoms with Crippen LogP contribution in [0.25, 0.3) is 27.6 Å². The molecule has 0 N–H and O–H groups in total. The number of hydrogen-bond acceptors (Lipinski definition) is 3. The second kappa shape index (κ2) is 6.61. The Morgan fingerprint density at radius 2 is 1.58 bits per heavy atom. The van der Waals surface area contributed by atoms with Crippen molar-refractivity contribution in [2.75, 3.05) is 0 Å². The Balaban J connectivity index is 1.92. The fourth-order valence-electron chi connectivity index (χ4n) is 3.38. The first-order valence-corrected chi connectivity index (χ1v) is 9.59. The van der Waals surface area contributed by atoms with Crippen molar-refractivity contribution in [1.82, 2.24) is 4.90 Å². The maximum atomic E-state index is 12.8. The topological polar surface area (TPSA) is 37.4 Å². The monoisotopic (exact) mass is 361 g/mol. The molecule has 3 aromatic rings. The molecule has 3 nitrogen and oxygen atoms in total. The standard InChI is InChI=1S/C22H19NO2S/c1-3-14(2)23-21(24)20(26-22(23)25)13-19-17-10-6-4-8-15(17)12-16-9-5-7-11-18(16)19/h4-14H,3H2,1-2H3/b20-13+/t14-/m1/s1. The Morgan fingerprint density at radius 1 is 1.00 bits per heavy atom. The lowest BCUT2D eigenvalue weighted by Gasteiger charge is -2.19. The number of benzene rings is 3. The summed E-state index contributed by atoms with van der Waals surface area (Å²) < 4.78 is 0. The zero-order chi connectivity index (χ0) is 18.3. The molecule has 130 valence electrons. The lowest BCUT2D eigenvalue weighted by atomic mass is 9.96. The van der Waals surface area contributed by atoms with Gasteiger partial charge in [-0.15, -0.1) is 0 Å². The van der Waals surface area contributed by atoms with Gasteiger partial charge < -0.3 is 0 Å². The molecule has 4 heteroatoms. The van der Waals surface area contributed by atoms with Crippen LogP contribution in [0.2, 0.25) is 0 Å². The fraction of sp³-hybridized carbons (Fsp3) is 0.182. The molecule has 1 fully saturated rings. The third-order valence-electron chi connectivity index (χ3n) is 4.94. The van der Waals surface area contributed by atoms with Crippen LogP contribution >= 0.6 is 11.8 Å². The van der Waals surface area contributed by atoms with E-state index < -0.39 is 0 Å². The molecule has 26 heavy (non-hydrogen) atoms. The van der Waals surface area contributed by atoms with Crippen LogP contribution in [-0.4, -0.2) is 22.1 Å². The van der Waals surface area contributed by atoms with Crippen LogP contribution in [0, 0.1) is 0 Å². The summed E-state index contributed by atoms with van der Waals surface area (Å²) in [5, 5.41) is 4.24. The SMILES string of the molecule is CC[C@@H](C)N1C(=O)S/C(=C/c2c3ccccc3cc3ccccc23)C1=O. The lowest BCUT2D eigenvalue weighted by Crippen LogP contribution is -2.36. The highest BCUT2D eigenvalue weighted by Crippen LogP contribution is 2.37. The highest BCUT2D eigenvalue weighted by molar-refractivity contribution is 8.18. The average Bonchev–Trinajstić information content (AvgIpc) is 2.94. The van der Waals surface area contributed by atoms with Gasteiger partial charge in [-0.25, -0.2) is 0 Å². The van der Waals surface area contributed by atoms with E-state index in [0.29, 0.717) is 4.91 Å². The van der Waals surface area contributed by atoms with E-state index in [4.69, 9.17) is 0 Å². The molecule has 2 amide bonds. The van der Waals surface area contributed by atoms with E-state index in [1.807, 2.05) is 44.2 Å². The first kappa shape index (κ1) is 16.9. The summed E-state index contributed by atoms with van der Waals surface area (Å²) in [6.45, 7) is 3.89. The average molecular weight is 361 g/mol. The number of nitrogens with zero attached hydrogens (tertiary/aromatic N) is 1. The molecule has 0 unspecified atom stereocenters. The van der Waals surface area contributed by atoms with Crippen molar-refractivity contribution in [2.24, 2.45) is 0 Å². The van der Waals surface area contributed by atoms with Gasteiger partial charge in [0.1, 0.15) is 0 Å². The summed E-state index contributed by atoms with van der Waals surface area (Å²) in [6.07, 6.45) is 2.64. The normalized spacial score (nSPS) is 17.6. The number of amides is 2. The number of fused-ring (bicyclic) bond motifs is 2. The molecule has 0 aromatic heterocycles. The molecule has 0 aliphatic carbocycles. The molecule has 1 atom stereocenters. The van der Waals surface area contributed by atoms with Gasteiger partial charge in [0.2, 0.25) is 0 Å². The summed E-state index contributed by atoms with van der Waals surface area (Å²) in [5.74, 6) is -0.189. The van der Waals surface area contributed by atoms with Gasteiger partial charge >= 0.3 is 0 Å². The molecule has 0 saturated carbocycles. The quantitative estimate of drug-likeness (QED) is 0.435. The van der Waals surface area contributed by atoms with Crippen LogP contribution in [0.4, 0.5) is 4.79 Å². The van der Waals surface area contributed by atoms with Gasteiger partial charge in [0.05, 0.1) is 4.91 Å². The minimum Gasteiger partial charge on any atom is -0.268 e. The van der Waals surface area contributed by atoms with E-state index in [9.17, 15) is 9.59 Å². The third kappa shape index (κ3) is 2.71. The number of carbonyl (C=O) groups is 2. The van der Waals surface area contributed by atoms with Gasteiger partial charge in [0, 0.05) is 6.04 Å². The van der Waals surface area contributed by atoms with Crippen molar-refractivity contribution in [1.29, 1.82) is 0 Å². The van der Waals surface area contributed by atoms with Crippen LogP contribution in [0.5, 0.6) is 0 Å². The van der Waals surface area contributed by atoms with Crippen LogP contribution in [0.1, 0.15) is 25.8 Å². The first-order valence-electron chi connectivity index (χ1n) is 8.77. The predicted octanol–water partition coefficient (Wildman–Crippen LogP) is 5.83. The predicted molar refractivity (Wildman–Crippen MR) is 109 cm³/mol. The maximum Gasteiger partial charge on any atom is 0.293 e. The van der Waals surface area contributed by atoms with E-state index in [0.717, 1.165) is 45.3 Å². The van der Waals surface area contributed by atoms with Gasteiger partial charge in [-0.05, 0) is 64.4 Å². The van der Waals surface area contributed by atoms with Gasteiger partial charge in [0.25, 0.3) is 11.1 Å². The number of hydrogen-bond donors (Lipinski definition) is 0. The van der Waals surface area contributed by atoms with Crippen LogP contribution in [0.15, 0.2) is 59.5 Å². The molecule has 1 aliphatic heterocycles. The lowest BCUT2D eigenvalue weighted by molar-refractivity contribution is -0.124. The summed E-state index contributed by atoms with van der Waals surface area (Å²) in [7, 11) is 0. The number of imide groups is 1. The molecule has 1 saturated heterocycles. The number of thioether (sulfide) groups is 1. The van der Waals surface area contributed by atoms with Gasteiger partial charge in [0.15, 0.2) is 0 Å². The van der Waals surface area contributed by atoms with E-state index in [2.05, 4.69) is 30.3 Å². The third-order valence-corrected chi connectivity index (χ3v) is 5.83. The Labute approximate surface area is 156 Å². The van der Waals surface area contributed by atoms with Gasteiger partial charge in [-0.2, -0.15) is 0 Å². The van der Waals surface area contributed by atoms with E-state index >= 15 is 0 Å². The van der Waals surface area contributed by atoms with Gasteiger partial charge in [-0.1, -0.05) is 55.5 Å². The van der Waals surface area contributed by atoms with Crippen molar-refractivity contribution in [3.63, 3.8) is 0 Å². The second-order valence-electron chi connectivity index (χ2n) is 6.54. The van der Waals surface area contributed by atoms with Crippen molar-refractivity contribution < 1.29 is 9.59 Å². The molecule has 4 rings (SSSR count). The Hall–Kier alpha value is -2.59. The number of carbonyl (C=O) groups excluding carboxylic acids is 2. The molecule has 1 heterocycles. The minimum absolute atomic E-state index is 0.0855. The van der Waals surface area contributed by atoms with Crippen molar-refractivity contribution in [3.8, 4) is 0 Å². The molecule has 0 bridgehead atoms. The highest BCUT2D eigenvalue weighted by atomic mass is 32.2. The van der Waals surface area contributed by atoms with E-state index in [-0.39, 0.29) is 17.2 Å². The Kier molecular flexibility index (Phi) is 4.29. The van der Waals surface area contributed by atoms with Crippen molar-refractivity contribution >= 4 is 50.5 Å². The largest absolute Gasteiger partial charge is 0.293 e. The van der Waals surface area contributed by atoms with E-state index in [1.165, 1.54) is 4.90 Å². The fourth-order valence-corrected chi connectivity index (χ4v) is 4.29. The van der Waals surface area contributed by atoms with Crippen molar-refractivity contribution in [3.05, 3.63) is 65.1 Å². The molecular weight excluding hydrogens is 342 g/mol. The zero-order valence-electron chi connectivity index (χ0n) is 14.7. The Morgan fingerprint density at radius 3 is 2.15 bits per heavy atom. The zero-order valence-corrected chi connectivity index (χ0v) is 15.5. The summed E-state index contributed by atoms with van der Waals surface area (Å²) in [6, 6.07) is 18.4. The maximum absolute atomic E-state index is 12.8. The van der Waals surface area contributed by atoms with Crippen molar-refractivity contribution in [2.45, 2.75) is 26.3 Å². The second-order valence-corrected chi connectivity index (χ2v) is 7.53. The molecule has 1 aliphatic rings. The molecule has 3 aromatic carbocycles. The Bertz CT molecular complexity index is 1020. The van der Waals surface area contributed by atoms with Crippen LogP contribution in [0.3, 0.4) is 0 Å². The first-order chi connectivity index (χ1) is 12.6. The van der Waals surface area contributed by atoms with Gasteiger partial charge in [-0.3, -0.25) is 14.5 Å². The van der Waals surface area contributed by atoms with E-state index in [1.54, 1.807) is 0 Å². The molecule has 0 radical (unpaired) electrons. The minimum atomic E-state index is -0.189. The highest BCUT2D eigenvalue weighted by Gasteiger charge is 2.37. The molecule has 0 spiro atoms. The summed E-state index contributed by atoms with van der Waals surface area (Å²) in [5.41, 5.74) is 0.994. The van der Waals surface area contributed by atoms with Crippen LogP contribution < -0.4 is 0 Å². The van der Waals surface area contributed by atoms with Crippen LogP contribution in [-0.2, 0) is 4.79 Å². The number of rotatable bonds is 3.